The fraction of sp³-hybridized carbons (Fsp3) is 0.167. The Morgan fingerprint density at radius 2 is 1.80 bits per heavy atom. The molecule has 3 heteroatoms. The molecule has 1 heterocycles. The van der Waals surface area contributed by atoms with E-state index in [1.807, 2.05) is 44.2 Å². The summed E-state index contributed by atoms with van der Waals surface area (Å²) in [7, 11) is 0. The van der Waals surface area contributed by atoms with Gasteiger partial charge in [-0.2, -0.15) is 0 Å². The highest BCUT2D eigenvalue weighted by molar-refractivity contribution is 9.10. The van der Waals surface area contributed by atoms with Gasteiger partial charge in [0.15, 0.2) is 0 Å². The molecule has 0 saturated heterocycles. The number of halogens is 1. The lowest BCUT2D eigenvalue weighted by molar-refractivity contribution is 1.02. The van der Waals surface area contributed by atoms with E-state index in [-0.39, 0.29) is 0 Å². The predicted octanol–water partition coefficient (Wildman–Crippen LogP) is 3.52. The van der Waals surface area contributed by atoms with Crippen molar-refractivity contribution in [2.75, 3.05) is 0 Å². The first-order valence-electron chi connectivity index (χ1n) is 4.74. The van der Waals surface area contributed by atoms with Crippen LogP contribution in [0.5, 0.6) is 0 Å². The lowest BCUT2D eigenvalue weighted by Crippen LogP contribution is -1.94. The van der Waals surface area contributed by atoms with E-state index in [9.17, 15) is 0 Å². The molecular formula is C12H11BrN2. The zero-order valence-corrected chi connectivity index (χ0v) is 10.2. The van der Waals surface area contributed by atoms with Crippen molar-refractivity contribution in [2.24, 2.45) is 0 Å². The van der Waals surface area contributed by atoms with E-state index >= 15 is 0 Å². The summed E-state index contributed by atoms with van der Waals surface area (Å²) >= 11 is 3.52. The van der Waals surface area contributed by atoms with Crippen LogP contribution in [0.3, 0.4) is 0 Å². The highest BCUT2D eigenvalue weighted by Crippen LogP contribution is 2.26. The minimum Gasteiger partial charge on any atom is -0.239 e. The monoisotopic (exact) mass is 262 g/mol. The van der Waals surface area contributed by atoms with Crippen LogP contribution in [0.25, 0.3) is 11.3 Å². The number of rotatable bonds is 1. The van der Waals surface area contributed by atoms with Gasteiger partial charge in [0.25, 0.3) is 0 Å². The van der Waals surface area contributed by atoms with E-state index in [0.29, 0.717) is 0 Å². The molecule has 2 aromatic rings. The van der Waals surface area contributed by atoms with Crippen molar-refractivity contribution in [1.29, 1.82) is 0 Å². The molecule has 2 nitrogen and oxygen atoms in total. The SMILES string of the molecule is Cc1cc(-c2ccccc2Br)nc(C)n1. The van der Waals surface area contributed by atoms with Gasteiger partial charge in [-0.1, -0.05) is 34.1 Å². The average molecular weight is 263 g/mol. The molecule has 0 fully saturated rings. The number of hydrogen-bond acceptors (Lipinski definition) is 2. The third-order valence-electron chi connectivity index (χ3n) is 2.12. The van der Waals surface area contributed by atoms with Crippen molar-refractivity contribution < 1.29 is 0 Å². The summed E-state index contributed by atoms with van der Waals surface area (Å²) in [6.07, 6.45) is 0. The van der Waals surface area contributed by atoms with Gasteiger partial charge in [0.1, 0.15) is 5.82 Å². The number of benzene rings is 1. The van der Waals surface area contributed by atoms with E-state index in [0.717, 1.165) is 27.2 Å². The average Bonchev–Trinajstić information content (AvgIpc) is 2.16. The Kier molecular flexibility index (Phi) is 2.82. The molecule has 15 heavy (non-hydrogen) atoms. The Bertz CT molecular complexity index is 474. The van der Waals surface area contributed by atoms with Gasteiger partial charge in [-0.25, -0.2) is 9.97 Å². The minimum atomic E-state index is 0.806. The molecule has 1 aromatic carbocycles. The molecule has 0 N–H and O–H groups in total. The molecule has 2 rings (SSSR count). The number of aryl methyl sites for hydroxylation is 2. The molecule has 0 amide bonds. The van der Waals surface area contributed by atoms with Crippen molar-refractivity contribution in [3.8, 4) is 11.3 Å². The van der Waals surface area contributed by atoms with Crippen LogP contribution in [0.4, 0.5) is 0 Å². The van der Waals surface area contributed by atoms with Crippen molar-refractivity contribution >= 4 is 15.9 Å². The summed E-state index contributed by atoms with van der Waals surface area (Å²) < 4.78 is 1.06. The molecule has 76 valence electrons. The maximum Gasteiger partial charge on any atom is 0.126 e. The van der Waals surface area contributed by atoms with Crippen molar-refractivity contribution in [2.45, 2.75) is 13.8 Å². The van der Waals surface area contributed by atoms with Crippen molar-refractivity contribution in [3.63, 3.8) is 0 Å². The first-order valence-corrected chi connectivity index (χ1v) is 5.53. The van der Waals surface area contributed by atoms with Gasteiger partial charge in [-0.15, -0.1) is 0 Å². The molecule has 0 saturated carbocycles. The van der Waals surface area contributed by atoms with Crippen molar-refractivity contribution in [3.05, 3.63) is 46.3 Å². The summed E-state index contributed by atoms with van der Waals surface area (Å²) in [5.41, 5.74) is 3.06. The molecule has 0 aliphatic rings. The molecule has 0 radical (unpaired) electrons. The third kappa shape index (κ3) is 2.23. The molecule has 0 unspecified atom stereocenters. The first kappa shape index (κ1) is 10.3. The molecule has 0 bridgehead atoms. The van der Waals surface area contributed by atoms with Gasteiger partial charge in [-0.05, 0) is 26.0 Å². The van der Waals surface area contributed by atoms with E-state index in [1.165, 1.54) is 0 Å². The normalized spacial score (nSPS) is 10.3. The highest BCUT2D eigenvalue weighted by atomic mass is 79.9. The maximum atomic E-state index is 4.42. The van der Waals surface area contributed by atoms with E-state index in [1.54, 1.807) is 0 Å². The Morgan fingerprint density at radius 3 is 2.47 bits per heavy atom. The van der Waals surface area contributed by atoms with Crippen LogP contribution in [0.1, 0.15) is 11.5 Å². The zero-order valence-electron chi connectivity index (χ0n) is 8.66. The first-order chi connectivity index (χ1) is 7.16. The van der Waals surface area contributed by atoms with Gasteiger partial charge < -0.3 is 0 Å². The van der Waals surface area contributed by atoms with Crippen LogP contribution < -0.4 is 0 Å². The van der Waals surface area contributed by atoms with Crippen LogP contribution in [0.15, 0.2) is 34.8 Å². The Balaban J connectivity index is 2.59. The van der Waals surface area contributed by atoms with E-state index in [4.69, 9.17) is 0 Å². The Labute approximate surface area is 97.5 Å². The van der Waals surface area contributed by atoms with E-state index in [2.05, 4.69) is 25.9 Å². The van der Waals surface area contributed by atoms with Gasteiger partial charge in [0.2, 0.25) is 0 Å². The largest absolute Gasteiger partial charge is 0.239 e. The summed E-state index contributed by atoms with van der Waals surface area (Å²) in [5, 5.41) is 0. The van der Waals surface area contributed by atoms with Crippen LogP contribution in [-0.4, -0.2) is 9.97 Å². The van der Waals surface area contributed by atoms with Crippen LogP contribution >= 0.6 is 15.9 Å². The number of hydrogen-bond donors (Lipinski definition) is 0. The molecule has 1 aromatic heterocycles. The van der Waals surface area contributed by atoms with Crippen molar-refractivity contribution in [1.82, 2.24) is 9.97 Å². The van der Waals surface area contributed by atoms with Crippen LogP contribution in [-0.2, 0) is 0 Å². The third-order valence-corrected chi connectivity index (χ3v) is 2.81. The molecule has 0 aliphatic heterocycles. The quantitative estimate of drug-likeness (QED) is 0.786. The van der Waals surface area contributed by atoms with Crippen LogP contribution in [0, 0.1) is 13.8 Å². The summed E-state index contributed by atoms with van der Waals surface area (Å²) in [6, 6.07) is 10.1. The second-order valence-corrected chi connectivity index (χ2v) is 4.28. The smallest absolute Gasteiger partial charge is 0.126 e. The van der Waals surface area contributed by atoms with Gasteiger partial charge in [0.05, 0.1) is 5.69 Å². The maximum absolute atomic E-state index is 4.42. The topological polar surface area (TPSA) is 25.8 Å². The van der Waals surface area contributed by atoms with Gasteiger partial charge in [0, 0.05) is 15.7 Å². The predicted molar refractivity (Wildman–Crippen MR) is 64.6 cm³/mol. The second-order valence-electron chi connectivity index (χ2n) is 3.42. The number of nitrogens with zero attached hydrogens (tertiary/aromatic N) is 2. The fourth-order valence-electron chi connectivity index (χ4n) is 1.52. The van der Waals surface area contributed by atoms with E-state index < -0.39 is 0 Å². The van der Waals surface area contributed by atoms with Gasteiger partial charge >= 0.3 is 0 Å². The van der Waals surface area contributed by atoms with Crippen LogP contribution in [0.2, 0.25) is 0 Å². The molecular weight excluding hydrogens is 252 g/mol. The molecule has 0 atom stereocenters. The summed E-state index contributed by atoms with van der Waals surface area (Å²) in [4.78, 5) is 8.69. The minimum absolute atomic E-state index is 0.806. The zero-order chi connectivity index (χ0) is 10.8. The highest BCUT2D eigenvalue weighted by Gasteiger charge is 2.05. The Morgan fingerprint density at radius 1 is 1.07 bits per heavy atom. The number of aromatic nitrogens is 2. The molecule has 0 spiro atoms. The molecule has 0 aliphatic carbocycles. The summed E-state index contributed by atoms with van der Waals surface area (Å²) in [5.74, 6) is 0.806. The lowest BCUT2D eigenvalue weighted by Gasteiger charge is -2.05. The lowest BCUT2D eigenvalue weighted by atomic mass is 10.1. The second kappa shape index (κ2) is 4.11. The fourth-order valence-corrected chi connectivity index (χ4v) is 2.01. The Hall–Kier alpha value is -1.22. The standard InChI is InChI=1S/C12H11BrN2/c1-8-7-12(15-9(2)14-8)10-5-3-4-6-11(10)13/h3-7H,1-2H3. The summed E-state index contributed by atoms with van der Waals surface area (Å²) in [6.45, 7) is 3.89. The van der Waals surface area contributed by atoms with Gasteiger partial charge in [-0.3, -0.25) is 0 Å².